The molecule has 8 heteroatoms. The fourth-order valence-corrected chi connectivity index (χ4v) is 4.27. The number of anilines is 2. The van der Waals surface area contributed by atoms with E-state index >= 15 is 0 Å². The molecular weight excluding hydrogens is 434 g/mol. The molecule has 0 radical (unpaired) electrons. The molecule has 2 aromatic carbocycles. The highest BCUT2D eigenvalue weighted by Crippen LogP contribution is 2.25. The van der Waals surface area contributed by atoms with Gasteiger partial charge in [-0.3, -0.25) is 14.9 Å². The summed E-state index contributed by atoms with van der Waals surface area (Å²) in [6.45, 7) is 1.74. The van der Waals surface area contributed by atoms with Crippen LogP contribution in [0.4, 0.5) is 10.8 Å². The topological polar surface area (TPSA) is 88.4 Å². The van der Waals surface area contributed by atoms with Crippen LogP contribution in [0.1, 0.15) is 25.7 Å². The molecule has 5 rings (SSSR count). The van der Waals surface area contributed by atoms with E-state index in [0.717, 1.165) is 22.6 Å². The number of amides is 2. The number of benzene rings is 2. The Morgan fingerprint density at radius 3 is 2.36 bits per heavy atom. The first kappa shape index (κ1) is 20.6. The molecule has 162 valence electrons. The number of hydrogen-bond donors (Lipinski definition) is 2. The number of imidazole rings is 1. The zero-order valence-electron chi connectivity index (χ0n) is 17.6. The number of thiazole rings is 1. The molecule has 0 aliphatic carbocycles. The summed E-state index contributed by atoms with van der Waals surface area (Å²) in [6, 6.07) is 22.5. The average Bonchev–Trinajstić information content (AvgIpc) is 3.43. The Morgan fingerprint density at radius 1 is 0.879 bits per heavy atom. The molecule has 0 saturated carbocycles. The molecule has 0 unspecified atom stereocenters. The van der Waals surface area contributed by atoms with Gasteiger partial charge in [0, 0.05) is 29.2 Å². The number of aryl methyl sites for hydroxylation is 1. The van der Waals surface area contributed by atoms with Gasteiger partial charge in [0.05, 0.1) is 11.4 Å². The summed E-state index contributed by atoms with van der Waals surface area (Å²) in [4.78, 5) is 34.9. The quantitative estimate of drug-likeness (QED) is 0.379. The summed E-state index contributed by atoms with van der Waals surface area (Å²) in [5.74, 6) is -0.575. The zero-order valence-corrected chi connectivity index (χ0v) is 18.5. The second-order valence-corrected chi connectivity index (χ2v) is 8.38. The van der Waals surface area contributed by atoms with Gasteiger partial charge >= 0.3 is 0 Å². The standard InChI is InChI=1S/C25H19N5O2S/c1-16-22(24(32)27-19-10-6-3-7-11-19)33-25(26-16)29-23(31)18-12-13-30-15-20(28-21(30)14-18)17-8-4-2-5-9-17/h2-15H,1H3,(H,27,32)(H,26,29,31). The van der Waals surface area contributed by atoms with Gasteiger partial charge in [0.25, 0.3) is 11.8 Å². The van der Waals surface area contributed by atoms with Crippen LogP contribution in [-0.4, -0.2) is 26.2 Å². The molecule has 2 N–H and O–H groups in total. The average molecular weight is 454 g/mol. The third-order valence-electron chi connectivity index (χ3n) is 5.05. The Hall–Kier alpha value is -4.30. The van der Waals surface area contributed by atoms with Crippen LogP contribution in [0, 0.1) is 6.92 Å². The smallest absolute Gasteiger partial charge is 0.267 e. The Labute approximate surface area is 193 Å². The van der Waals surface area contributed by atoms with Gasteiger partial charge in [0.2, 0.25) is 0 Å². The van der Waals surface area contributed by atoms with E-state index in [1.807, 2.05) is 71.3 Å². The Kier molecular flexibility index (Phi) is 5.42. The summed E-state index contributed by atoms with van der Waals surface area (Å²) in [6.07, 6.45) is 3.73. The van der Waals surface area contributed by atoms with Crippen molar-refractivity contribution in [1.29, 1.82) is 0 Å². The monoisotopic (exact) mass is 453 g/mol. The third-order valence-corrected chi connectivity index (χ3v) is 6.12. The molecule has 3 aromatic heterocycles. The van der Waals surface area contributed by atoms with Crippen molar-refractivity contribution >= 4 is 39.6 Å². The highest BCUT2D eigenvalue weighted by Gasteiger charge is 2.18. The predicted octanol–water partition coefficient (Wildman–Crippen LogP) is 5.27. The number of nitrogens with zero attached hydrogens (tertiary/aromatic N) is 3. The van der Waals surface area contributed by atoms with Gasteiger partial charge in [-0.2, -0.15) is 0 Å². The zero-order chi connectivity index (χ0) is 22.8. The first-order valence-corrected chi connectivity index (χ1v) is 11.1. The van der Waals surface area contributed by atoms with Crippen LogP contribution in [-0.2, 0) is 0 Å². The highest BCUT2D eigenvalue weighted by atomic mass is 32.1. The fraction of sp³-hybridized carbons (Fsp3) is 0.0400. The molecular formula is C25H19N5O2S. The van der Waals surface area contributed by atoms with E-state index in [-0.39, 0.29) is 11.8 Å². The van der Waals surface area contributed by atoms with Crippen LogP contribution in [0.5, 0.6) is 0 Å². The van der Waals surface area contributed by atoms with Crippen molar-refractivity contribution in [2.24, 2.45) is 0 Å². The maximum atomic E-state index is 12.8. The minimum Gasteiger partial charge on any atom is -0.321 e. The van der Waals surface area contributed by atoms with E-state index in [4.69, 9.17) is 0 Å². The lowest BCUT2D eigenvalue weighted by Crippen LogP contribution is -2.12. The van der Waals surface area contributed by atoms with Gasteiger partial charge in [-0.05, 0) is 31.2 Å². The van der Waals surface area contributed by atoms with E-state index in [0.29, 0.717) is 32.6 Å². The number of fused-ring (bicyclic) bond motifs is 1. The molecule has 0 spiro atoms. The summed E-state index contributed by atoms with van der Waals surface area (Å²) in [5.41, 5.74) is 4.21. The van der Waals surface area contributed by atoms with E-state index in [9.17, 15) is 9.59 Å². The molecule has 0 aliphatic heterocycles. The number of nitrogens with one attached hydrogen (secondary N) is 2. The van der Waals surface area contributed by atoms with Gasteiger partial charge < -0.3 is 9.72 Å². The lowest BCUT2D eigenvalue weighted by atomic mass is 10.2. The SMILES string of the molecule is Cc1nc(NC(=O)c2ccn3cc(-c4ccccc4)nc3c2)sc1C(=O)Nc1ccccc1. The van der Waals surface area contributed by atoms with Crippen LogP contribution >= 0.6 is 11.3 Å². The summed E-state index contributed by atoms with van der Waals surface area (Å²) >= 11 is 1.14. The van der Waals surface area contributed by atoms with Crippen molar-refractivity contribution in [3.05, 3.63) is 101 Å². The molecule has 33 heavy (non-hydrogen) atoms. The van der Waals surface area contributed by atoms with E-state index in [1.54, 1.807) is 25.3 Å². The fourth-order valence-electron chi connectivity index (χ4n) is 3.41. The second kappa shape index (κ2) is 8.68. The Morgan fingerprint density at radius 2 is 1.61 bits per heavy atom. The number of carbonyl (C=O) groups excluding carboxylic acids is 2. The number of aromatic nitrogens is 3. The first-order chi connectivity index (χ1) is 16.1. The van der Waals surface area contributed by atoms with Crippen LogP contribution < -0.4 is 10.6 Å². The van der Waals surface area contributed by atoms with Crippen LogP contribution in [0.15, 0.2) is 85.2 Å². The molecule has 0 saturated heterocycles. The van der Waals surface area contributed by atoms with E-state index in [2.05, 4.69) is 20.6 Å². The van der Waals surface area contributed by atoms with Gasteiger partial charge in [0.15, 0.2) is 5.13 Å². The van der Waals surface area contributed by atoms with E-state index in [1.165, 1.54) is 0 Å². The van der Waals surface area contributed by atoms with Gasteiger partial charge in [-0.1, -0.05) is 59.9 Å². The molecule has 7 nitrogen and oxygen atoms in total. The van der Waals surface area contributed by atoms with Crippen molar-refractivity contribution < 1.29 is 9.59 Å². The first-order valence-electron chi connectivity index (χ1n) is 10.3. The van der Waals surface area contributed by atoms with Crippen molar-refractivity contribution in [1.82, 2.24) is 14.4 Å². The minimum atomic E-state index is -0.314. The maximum absolute atomic E-state index is 12.8. The molecule has 3 heterocycles. The van der Waals surface area contributed by atoms with Crippen LogP contribution in [0.2, 0.25) is 0 Å². The predicted molar refractivity (Wildman–Crippen MR) is 130 cm³/mol. The lowest BCUT2D eigenvalue weighted by Gasteiger charge is -2.03. The summed E-state index contributed by atoms with van der Waals surface area (Å²) in [5, 5.41) is 6.00. The van der Waals surface area contributed by atoms with E-state index < -0.39 is 0 Å². The van der Waals surface area contributed by atoms with Crippen LogP contribution in [0.25, 0.3) is 16.9 Å². The van der Waals surface area contributed by atoms with Crippen LogP contribution in [0.3, 0.4) is 0 Å². The number of rotatable bonds is 5. The second-order valence-electron chi connectivity index (χ2n) is 7.38. The number of para-hydroxylation sites is 1. The Balaban J connectivity index is 1.33. The molecule has 0 aliphatic rings. The number of hydrogen-bond acceptors (Lipinski definition) is 5. The number of pyridine rings is 1. The number of carbonyl (C=O) groups is 2. The van der Waals surface area contributed by atoms with Crippen molar-refractivity contribution in [2.45, 2.75) is 6.92 Å². The lowest BCUT2D eigenvalue weighted by molar-refractivity contribution is 0.102. The normalized spacial score (nSPS) is 10.8. The summed E-state index contributed by atoms with van der Waals surface area (Å²) < 4.78 is 1.87. The summed E-state index contributed by atoms with van der Waals surface area (Å²) in [7, 11) is 0. The third kappa shape index (κ3) is 4.37. The Bertz CT molecular complexity index is 1460. The van der Waals surface area contributed by atoms with Crippen molar-refractivity contribution in [2.75, 3.05) is 10.6 Å². The van der Waals surface area contributed by atoms with Gasteiger partial charge in [-0.25, -0.2) is 9.97 Å². The molecule has 0 bridgehead atoms. The minimum absolute atomic E-state index is 0.260. The molecule has 0 atom stereocenters. The largest absolute Gasteiger partial charge is 0.321 e. The van der Waals surface area contributed by atoms with Gasteiger partial charge in [0.1, 0.15) is 10.5 Å². The van der Waals surface area contributed by atoms with Gasteiger partial charge in [-0.15, -0.1) is 0 Å². The molecule has 2 amide bonds. The molecule has 5 aromatic rings. The highest BCUT2D eigenvalue weighted by molar-refractivity contribution is 7.17. The van der Waals surface area contributed by atoms with Crippen molar-refractivity contribution in [3.8, 4) is 11.3 Å². The maximum Gasteiger partial charge on any atom is 0.267 e. The van der Waals surface area contributed by atoms with Crippen molar-refractivity contribution in [3.63, 3.8) is 0 Å². The molecule has 0 fully saturated rings.